The second kappa shape index (κ2) is 4.78. The van der Waals surface area contributed by atoms with Crippen molar-refractivity contribution in [2.45, 2.75) is 6.10 Å². The maximum absolute atomic E-state index is 10.4. The van der Waals surface area contributed by atoms with Gasteiger partial charge in [0, 0.05) is 5.39 Å². The van der Waals surface area contributed by atoms with Crippen molar-refractivity contribution in [2.75, 3.05) is 7.11 Å². The van der Waals surface area contributed by atoms with Gasteiger partial charge in [0.15, 0.2) is 0 Å². The molecule has 1 unspecified atom stereocenters. The molecular formula is C16H14O3. The SMILES string of the molecule is COc1ccc(C(O)c2ccco2)c2ccccc12. The molecule has 0 spiro atoms. The first kappa shape index (κ1) is 11.8. The van der Waals surface area contributed by atoms with Crippen LogP contribution in [0.2, 0.25) is 0 Å². The summed E-state index contributed by atoms with van der Waals surface area (Å²) >= 11 is 0. The van der Waals surface area contributed by atoms with Gasteiger partial charge in [0.2, 0.25) is 0 Å². The number of ether oxygens (including phenoxy) is 1. The summed E-state index contributed by atoms with van der Waals surface area (Å²) in [6.07, 6.45) is 0.787. The summed E-state index contributed by atoms with van der Waals surface area (Å²) in [4.78, 5) is 0. The van der Waals surface area contributed by atoms with E-state index in [4.69, 9.17) is 9.15 Å². The van der Waals surface area contributed by atoms with Crippen LogP contribution in [0.1, 0.15) is 17.4 Å². The van der Waals surface area contributed by atoms with Crippen LogP contribution < -0.4 is 4.74 Å². The lowest BCUT2D eigenvalue weighted by Crippen LogP contribution is -1.99. The second-order valence-electron chi connectivity index (χ2n) is 4.32. The van der Waals surface area contributed by atoms with E-state index in [1.807, 2.05) is 36.4 Å². The number of hydrogen-bond acceptors (Lipinski definition) is 3. The van der Waals surface area contributed by atoms with Crippen molar-refractivity contribution in [1.29, 1.82) is 0 Å². The van der Waals surface area contributed by atoms with E-state index in [0.29, 0.717) is 5.76 Å². The van der Waals surface area contributed by atoms with Crippen LogP contribution in [0.5, 0.6) is 5.75 Å². The Bertz CT molecular complexity index is 686. The van der Waals surface area contributed by atoms with E-state index in [1.165, 1.54) is 0 Å². The van der Waals surface area contributed by atoms with Crippen molar-refractivity contribution in [3.63, 3.8) is 0 Å². The summed E-state index contributed by atoms with van der Waals surface area (Å²) in [7, 11) is 1.64. The minimum Gasteiger partial charge on any atom is -0.496 e. The third-order valence-electron chi connectivity index (χ3n) is 3.24. The molecule has 0 aliphatic heterocycles. The van der Waals surface area contributed by atoms with Crippen LogP contribution in [-0.4, -0.2) is 12.2 Å². The topological polar surface area (TPSA) is 42.6 Å². The van der Waals surface area contributed by atoms with Crippen molar-refractivity contribution >= 4 is 10.8 Å². The fraction of sp³-hybridized carbons (Fsp3) is 0.125. The molecule has 3 rings (SSSR count). The lowest BCUT2D eigenvalue weighted by atomic mass is 9.98. The second-order valence-corrected chi connectivity index (χ2v) is 4.32. The molecule has 0 fully saturated rings. The molecule has 3 aromatic rings. The smallest absolute Gasteiger partial charge is 0.137 e. The fourth-order valence-corrected chi connectivity index (χ4v) is 2.31. The van der Waals surface area contributed by atoms with Gasteiger partial charge >= 0.3 is 0 Å². The summed E-state index contributed by atoms with van der Waals surface area (Å²) in [6, 6.07) is 15.1. The molecule has 96 valence electrons. The van der Waals surface area contributed by atoms with Crippen molar-refractivity contribution in [1.82, 2.24) is 0 Å². The van der Waals surface area contributed by atoms with Crippen LogP contribution in [0.4, 0.5) is 0 Å². The monoisotopic (exact) mass is 254 g/mol. The lowest BCUT2D eigenvalue weighted by Gasteiger charge is -2.14. The van der Waals surface area contributed by atoms with Gasteiger partial charge in [-0.3, -0.25) is 0 Å². The number of aliphatic hydroxyl groups is 1. The summed E-state index contributed by atoms with van der Waals surface area (Å²) in [5, 5.41) is 12.4. The Kier molecular flexibility index (Phi) is 2.97. The summed E-state index contributed by atoms with van der Waals surface area (Å²) in [6.45, 7) is 0. The highest BCUT2D eigenvalue weighted by atomic mass is 16.5. The van der Waals surface area contributed by atoms with E-state index in [9.17, 15) is 5.11 Å². The predicted octanol–water partition coefficient (Wildman–Crippen LogP) is 3.52. The summed E-state index contributed by atoms with van der Waals surface area (Å²) in [5.74, 6) is 1.33. The van der Waals surface area contributed by atoms with E-state index in [-0.39, 0.29) is 0 Å². The molecule has 0 bridgehead atoms. The van der Waals surface area contributed by atoms with Gasteiger partial charge in [-0.25, -0.2) is 0 Å². The van der Waals surface area contributed by atoms with E-state index >= 15 is 0 Å². The minimum atomic E-state index is -0.772. The molecule has 19 heavy (non-hydrogen) atoms. The molecule has 1 N–H and O–H groups in total. The van der Waals surface area contributed by atoms with E-state index in [1.54, 1.807) is 25.5 Å². The summed E-state index contributed by atoms with van der Waals surface area (Å²) < 4.78 is 10.6. The van der Waals surface area contributed by atoms with E-state index < -0.39 is 6.10 Å². The molecular weight excluding hydrogens is 240 g/mol. The zero-order valence-electron chi connectivity index (χ0n) is 10.5. The molecule has 0 amide bonds. The van der Waals surface area contributed by atoms with Crippen molar-refractivity contribution in [2.24, 2.45) is 0 Å². The van der Waals surface area contributed by atoms with Crippen LogP contribution >= 0.6 is 0 Å². The molecule has 3 nitrogen and oxygen atoms in total. The van der Waals surface area contributed by atoms with Gasteiger partial charge in [0.05, 0.1) is 13.4 Å². The lowest BCUT2D eigenvalue weighted by molar-refractivity contribution is 0.191. The standard InChI is InChI=1S/C16H14O3/c1-18-14-9-8-13(11-5-2-3-6-12(11)14)16(17)15-7-4-10-19-15/h2-10,16-17H,1H3. The third kappa shape index (κ3) is 1.98. The molecule has 0 saturated heterocycles. The van der Waals surface area contributed by atoms with Crippen molar-refractivity contribution in [3.05, 3.63) is 66.1 Å². The Labute approximate surface area is 111 Å². The Morgan fingerprint density at radius 3 is 2.47 bits per heavy atom. The molecule has 2 aromatic carbocycles. The molecule has 1 atom stereocenters. The molecule has 3 heteroatoms. The number of hydrogen-bond donors (Lipinski definition) is 1. The van der Waals surface area contributed by atoms with Gasteiger partial charge in [-0.15, -0.1) is 0 Å². The first-order valence-electron chi connectivity index (χ1n) is 6.08. The van der Waals surface area contributed by atoms with Crippen molar-refractivity contribution < 1.29 is 14.3 Å². The molecule has 0 aliphatic rings. The molecule has 0 saturated carbocycles. The van der Waals surface area contributed by atoms with Crippen LogP contribution in [-0.2, 0) is 0 Å². The first-order valence-corrected chi connectivity index (χ1v) is 6.08. The van der Waals surface area contributed by atoms with Crippen molar-refractivity contribution in [3.8, 4) is 5.75 Å². The maximum atomic E-state index is 10.4. The molecule has 1 heterocycles. The quantitative estimate of drug-likeness (QED) is 0.777. The van der Waals surface area contributed by atoms with Gasteiger partial charge in [-0.2, -0.15) is 0 Å². The number of benzene rings is 2. The largest absolute Gasteiger partial charge is 0.496 e. The Hall–Kier alpha value is -2.26. The Balaban J connectivity index is 2.20. The molecule has 0 aliphatic carbocycles. The zero-order chi connectivity index (χ0) is 13.2. The average Bonchev–Trinajstić information content (AvgIpc) is 2.99. The number of fused-ring (bicyclic) bond motifs is 1. The van der Waals surface area contributed by atoms with Gasteiger partial charge in [0.1, 0.15) is 17.6 Å². The predicted molar refractivity (Wildman–Crippen MR) is 73.3 cm³/mol. The molecule has 0 radical (unpaired) electrons. The van der Waals surface area contributed by atoms with Crippen LogP contribution in [0.25, 0.3) is 10.8 Å². The Morgan fingerprint density at radius 2 is 1.79 bits per heavy atom. The Morgan fingerprint density at radius 1 is 1.00 bits per heavy atom. The fourth-order valence-electron chi connectivity index (χ4n) is 2.31. The van der Waals surface area contributed by atoms with E-state index in [2.05, 4.69) is 0 Å². The number of furan rings is 1. The normalized spacial score (nSPS) is 12.5. The highest BCUT2D eigenvalue weighted by Crippen LogP contribution is 2.33. The average molecular weight is 254 g/mol. The van der Waals surface area contributed by atoms with Crippen LogP contribution in [0.3, 0.4) is 0 Å². The summed E-state index contributed by atoms with van der Waals surface area (Å²) in [5.41, 5.74) is 0.811. The van der Waals surface area contributed by atoms with Gasteiger partial charge in [0.25, 0.3) is 0 Å². The number of rotatable bonds is 3. The number of aliphatic hydroxyl groups excluding tert-OH is 1. The highest BCUT2D eigenvalue weighted by molar-refractivity contribution is 5.91. The zero-order valence-corrected chi connectivity index (χ0v) is 10.5. The number of methoxy groups -OCH3 is 1. The van der Waals surface area contributed by atoms with Gasteiger partial charge in [-0.05, 0) is 29.1 Å². The highest BCUT2D eigenvalue weighted by Gasteiger charge is 2.17. The van der Waals surface area contributed by atoms with Crippen LogP contribution in [0, 0.1) is 0 Å². The first-order chi connectivity index (χ1) is 9.31. The van der Waals surface area contributed by atoms with Crippen LogP contribution in [0.15, 0.2) is 59.2 Å². The van der Waals surface area contributed by atoms with Gasteiger partial charge in [-0.1, -0.05) is 30.3 Å². The van der Waals surface area contributed by atoms with Gasteiger partial charge < -0.3 is 14.3 Å². The van der Waals surface area contributed by atoms with E-state index in [0.717, 1.165) is 22.1 Å². The maximum Gasteiger partial charge on any atom is 0.137 e. The minimum absolute atomic E-state index is 0.537. The third-order valence-corrected chi connectivity index (χ3v) is 3.24. The molecule has 1 aromatic heterocycles.